The molecule has 0 aliphatic rings. The minimum Gasteiger partial charge on any atom is -0.380 e. The lowest BCUT2D eigenvalue weighted by Crippen LogP contribution is -2.04. The van der Waals surface area contributed by atoms with E-state index in [1.165, 1.54) is 11.1 Å². The topological polar surface area (TPSA) is 40.8 Å². The first-order chi connectivity index (χ1) is 9.43. The Bertz CT molecular complexity index is 669. The van der Waals surface area contributed by atoms with Crippen molar-refractivity contribution in [1.82, 2.24) is 4.57 Å². The van der Waals surface area contributed by atoms with Crippen LogP contribution in [0, 0.1) is 32.1 Å². The number of hydrogen-bond acceptors (Lipinski definition) is 2. The Morgan fingerprint density at radius 2 is 1.80 bits per heavy atom. The number of nitriles is 1. The smallest absolute Gasteiger partial charge is 0.120 e. The second kappa shape index (κ2) is 5.72. The molecule has 1 N–H and O–H groups in total. The zero-order valence-corrected chi connectivity index (χ0v) is 13.8. The van der Waals surface area contributed by atoms with E-state index in [4.69, 9.17) is 5.26 Å². The van der Waals surface area contributed by atoms with Crippen molar-refractivity contribution in [3.05, 3.63) is 50.8 Å². The van der Waals surface area contributed by atoms with Crippen LogP contribution in [0.15, 0.2) is 22.7 Å². The van der Waals surface area contributed by atoms with E-state index < -0.39 is 0 Å². The van der Waals surface area contributed by atoms with Crippen LogP contribution in [0.1, 0.15) is 28.1 Å². The van der Waals surface area contributed by atoms with E-state index in [1.54, 1.807) is 0 Å². The molecule has 3 nitrogen and oxygen atoms in total. The highest BCUT2D eigenvalue weighted by molar-refractivity contribution is 9.10. The molecule has 4 heteroatoms. The minimum absolute atomic E-state index is 0.698. The van der Waals surface area contributed by atoms with Gasteiger partial charge in [0.15, 0.2) is 0 Å². The standard InChI is InChI=1S/C16H18BrN3/c1-10-5-14(17)6-11(2)16(10)19-9-13-7-15(8-18)20(4)12(13)3/h5-7,19H,9H2,1-4H3. The average Bonchev–Trinajstić information content (AvgIpc) is 2.65. The molecule has 0 spiro atoms. The van der Waals surface area contributed by atoms with Crippen LogP contribution in [0.25, 0.3) is 0 Å². The van der Waals surface area contributed by atoms with E-state index >= 15 is 0 Å². The van der Waals surface area contributed by atoms with Crippen LogP contribution in [0.5, 0.6) is 0 Å². The highest BCUT2D eigenvalue weighted by atomic mass is 79.9. The molecule has 2 rings (SSSR count). The molecule has 0 unspecified atom stereocenters. The third-order valence-electron chi connectivity index (χ3n) is 3.71. The summed E-state index contributed by atoms with van der Waals surface area (Å²) in [4.78, 5) is 0. The van der Waals surface area contributed by atoms with Gasteiger partial charge < -0.3 is 9.88 Å². The number of hydrogen-bond donors (Lipinski definition) is 1. The summed E-state index contributed by atoms with van der Waals surface area (Å²) >= 11 is 3.51. The molecule has 0 atom stereocenters. The van der Waals surface area contributed by atoms with Gasteiger partial charge in [0.05, 0.1) is 0 Å². The summed E-state index contributed by atoms with van der Waals surface area (Å²) in [5.41, 5.74) is 6.57. The number of anilines is 1. The summed E-state index contributed by atoms with van der Waals surface area (Å²) in [6.45, 7) is 6.96. The molecule has 20 heavy (non-hydrogen) atoms. The third kappa shape index (κ3) is 2.73. The van der Waals surface area contributed by atoms with Crippen molar-refractivity contribution in [2.24, 2.45) is 7.05 Å². The molecule has 104 valence electrons. The first-order valence-electron chi connectivity index (χ1n) is 6.50. The van der Waals surface area contributed by atoms with Crippen LogP contribution in [-0.4, -0.2) is 4.57 Å². The van der Waals surface area contributed by atoms with E-state index in [0.29, 0.717) is 5.69 Å². The second-order valence-corrected chi connectivity index (χ2v) is 5.99. The SMILES string of the molecule is Cc1cc(Br)cc(C)c1NCc1cc(C#N)n(C)c1C. The summed E-state index contributed by atoms with van der Waals surface area (Å²) in [6, 6.07) is 8.37. The fraction of sp³-hybridized carbons (Fsp3) is 0.312. The molecule has 2 aromatic rings. The molecule has 0 bridgehead atoms. The maximum absolute atomic E-state index is 9.06. The highest BCUT2D eigenvalue weighted by Crippen LogP contribution is 2.26. The minimum atomic E-state index is 0.698. The van der Waals surface area contributed by atoms with Crippen LogP contribution in [0.4, 0.5) is 5.69 Å². The Morgan fingerprint density at radius 1 is 1.20 bits per heavy atom. The molecule has 0 aliphatic carbocycles. The zero-order valence-electron chi connectivity index (χ0n) is 12.2. The number of nitrogens with one attached hydrogen (secondary N) is 1. The van der Waals surface area contributed by atoms with Crippen LogP contribution in [0.3, 0.4) is 0 Å². The van der Waals surface area contributed by atoms with Gasteiger partial charge >= 0.3 is 0 Å². The van der Waals surface area contributed by atoms with Crippen LogP contribution in [-0.2, 0) is 13.6 Å². The van der Waals surface area contributed by atoms with Gasteiger partial charge in [-0.25, -0.2) is 0 Å². The van der Waals surface area contributed by atoms with Gasteiger partial charge in [-0.2, -0.15) is 5.26 Å². The van der Waals surface area contributed by atoms with Crippen LogP contribution >= 0.6 is 15.9 Å². The normalized spacial score (nSPS) is 10.4. The van der Waals surface area contributed by atoms with Gasteiger partial charge in [0, 0.05) is 29.4 Å². The number of rotatable bonds is 3. The van der Waals surface area contributed by atoms with Crippen molar-refractivity contribution >= 4 is 21.6 Å². The molecule has 1 aromatic carbocycles. The molecular formula is C16H18BrN3. The quantitative estimate of drug-likeness (QED) is 0.915. The molecule has 1 aromatic heterocycles. The maximum atomic E-state index is 9.06. The highest BCUT2D eigenvalue weighted by Gasteiger charge is 2.10. The molecule has 0 saturated heterocycles. The molecular weight excluding hydrogens is 314 g/mol. The molecule has 0 fully saturated rings. The van der Waals surface area contributed by atoms with Gasteiger partial charge in [0.1, 0.15) is 11.8 Å². The Hall–Kier alpha value is -1.73. The lowest BCUT2D eigenvalue weighted by molar-refractivity contribution is 0.856. The van der Waals surface area contributed by atoms with Gasteiger partial charge in [-0.1, -0.05) is 15.9 Å². The fourth-order valence-corrected chi connectivity index (χ4v) is 3.11. The zero-order chi connectivity index (χ0) is 14.9. The predicted molar refractivity (Wildman–Crippen MR) is 85.8 cm³/mol. The van der Waals surface area contributed by atoms with Crippen molar-refractivity contribution < 1.29 is 0 Å². The van der Waals surface area contributed by atoms with Crippen molar-refractivity contribution in [2.45, 2.75) is 27.3 Å². The van der Waals surface area contributed by atoms with Gasteiger partial charge in [-0.05, 0) is 55.7 Å². The summed E-state index contributed by atoms with van der Waals surface area (Å²) in [7, 11) is 1.92. The summed E-state index contributed by atoms with van der Waals surface area (Å²) in [6.07, 6.45) is 0. The molecule has 0 amide bonds. The van der Waals surface area contributed by atoms with Crippen molar-refractivity contribution in [2.75, 3.05) is 5.32 Å². The predicted octanol–water partition coefficient (Wildman–Crippen LogP) is 4.20. The Balaban J connectivity index is 2.24. The fourth-order valence-electron chi connectivity index (χ4n) is 2.42. The first kappa shape index (κ1) is 14.7. The van der Waals surface area contributed by atoms with Crippen LogP contribution < -0.4 is 5.32 Å². The number of benzene rings is 1. The van der Waals surface area contributed by atoms with Crippen molar-refractivity contribution in [3.8, 4) is 6.07 Å². The van der Waals surface area contributed by atoms with E-state index in [0.717, 1.165) is 28.0 Å². The molecule has 0 aliphatic heterocycles. The largest absolute Gasteiger partial charge is 0.380 e. The maximum Gasteiger partial charge on any atom is 0.120 e. The number of nitrogens with zero attached hydrogens (tertiary/aromatic N) is 2. The lowest BCUT2D eigenvalue weighted by Gasteiger charge is -2.13. The lowest BCUT2D eigenvalue weighted by atomic mass is 10.1. The average molecular weight is 332 g/mol. The number of aromatic nitrogens is 1. The second-order valence-electron chi connectivity index (χ2n) is 5.08. The summed E-state index contributed by atoms with van der Waals surface area (Å²) in [5.74, 6) is 0. The summed E-state index contributed by atoms with van der Waals surface area (Å²) in [5, 5.41) is 12.6. The molecule has 1 heterocycles. The van der Waals surface area contributed by atoms with Gasteiger partial charge in [-0.3, -0.25) is 0 Å². The third-order valence-corrected chi connectivity index (χ3v) is 4.17. The van der Waals surface area contributed by atoms with Crippen molar-refractivity contribution in [1.29, 1.82) is 5.26 Å². The Kier molecular flexibility index (Phi) is 4.20. The van der Waals surface area contributed by atoms with Gasteiger partial charge in [-0.15, -0.1) is 0 Å². The van der Waals surface area contributed by atoms with Gasteiger partial charge in [0.25, 0.3) is 0 Å². The van der Waals surface area contributed by atoms with Crippen LogP contribution in [0.2, 0.25) is 0 Å². The summed E-state index contributed by atoms with van der Waals surface area (Å²) < 4.78 is 3.03. The Labute approximate surface area is 128 Å². The van der Waals surface area contributed by atoms with E-state index in [9.17, 15) is 0 Å². The van der Waals surface area contributed by atoms with E-state index in [-0.39, 0.29) is 0 Å². The van der Waals surface area contributed by atoms with E-state index in [2.05, 4.69) is 53.3 Å². The van der Waals surface area contributed by atoms with Gasteiger partial charge in [0.2, 0.25) is 0 Å². The number of halogens is 1. The first-order valence-corrected chi connectivity index (χ1v) is 7.29. The van der Waals surface area contributed by atoms with Crippen molar-refractivity contribution in [3.63, 3.8) is 0 Å². The van der Waals surface area contributed by atoms with E-state index in [1.807, 2.05) is 24.6 Å². The molecule has 0 radical (unpaired) electrons. The monoisotopic (exact) mass is 331 g/mol. The Morgan fingerprint density at radius 3 is 2.30 bits per heavy atom. The molecule has 0 saturated carbocycles. The number of aryl methyl sites for hydroxylation is 2.